The molecule has 1 aliphatic rings. The highest BCUT2D eigenvalue weighted by molar-refractivity contribution is 5.95. The van der Waals surface area contributed by atoms with Crippen molar-refractivity contribution in [1.29, 1.82) is 0 Å². The quantitative estimate of drug-likeness (QED) is 0.513. The van der Waals surface area contributed by atoms with Gasteiger partial charge in [-0.2, -0.15) is 17.6 Å². The number of nitrogens with one attached hydrogen (secondary N) is 1. The molecule has 12 heteroatoms. The van der Waals surface area contributed by atoms with Gasteiger partial charge in [-0.1, -0.05) is 6.07 Å². The summed E-state index contributed by atoms with van der Waals surface area (Å²) in [5, 5.41) is 20.9. The third kappa shape index (κ3) is 4.98. The van der Waals surface area contributed by atoms with Gasteiger partial charge in [0.25, 0.3) is 5.91 Å². The van der Waals surface area contributed by atoms with Crippen LogP contribution in [0.4, 0.5) is 27.6 Å². The summed E-state index contributed by atoms with van der Waals surface area (Å²) < 4.78 is 79.9. The third-order valence-electron chi connectivity index (χ3n) is 5.56. The van der Waals surface area contributed by atoms with Crippen molar-refractivity contribution >= 4 is 11.6 Å². The van der Waals surface area contributed by atoms with Crippen molar-refractivity contribution in [3.05, 3.63) is 53.4 Å². The average Bonchev–Trinajstić information content (AvgIpc) is 3.16. The summed E-state index contributed by atoms with van der Waals surface area (Å²) in [4.78, 5) is 16.9. The van der Waals surface area contributed by atoms with Gasteiger partial charge in [-0.05, 0) is 38.5 Å². The van der Waals surface area contributed by atoms with Crippen LogP contribution in [0.3, 0.4) is 0 Å². The van der Waals surface area contributed by atoms with E-state index in [1.54, 1.807) is 0 Å². The second kappa shape index (κ2) is 9.80. The van der Waals surface area contributed by atoms with Crippen LogP contribution >= 0.6 is 0 Å². The Morgan fingerprint density at radius 3 is 2.59 bits per heavy atom. The van der Waals surface area contributed by atoms with Gasteiger partial charge in [0.05, 0.1) is 30.8 Å². The Morgan fingerprint density at radius 2 is 2.03 bits per heavy atom. The summed E-state index contributed by atoms with van der Waals surface area (Å²) in [7, 11) is 0. The number of aliphatic hydroxyl groups is 2. The smallest absolute Gasteiger partial charge is 0.417 e. The van der Waals surface area contributed by atoms with E-state index in [0.29, 0.717) is 0 Å². The van der Waals surface area contributed by atoms with Crippen molar-refractivity contribution in [3.8, 4) is 5.75 Å². The van der Waals surface area contributed by atoms with Gasteiger partial charge >= 0.3 is 6.18 Å². The van der Waals surface area contributed by atoms with Crippen LogP contribution in [0.25, 0.3) is 0 Å². The number of ether oxygens (including phenoxy) is 2. The van der Waals surface area contributed by atoms with Crippen LogP contribution in [-0.4, -0.2) is 52.2 Å². The number of benzene rings is 1. The molecule has 1 aliphatic heterocycles. The lowest BCUT2D eigenvalue weighted by molar-refractivity contribution is -0.261. The van der Waals surface area contributed by atoms with E-state index in [1.807, 2.05) is 0 Å². The number of amides is 1. The van der Waals surface area contributed by atoms with Crippen LogP contribution in [0.1, 0.15) is 43.5 Å². The first-order valence-corrected chi connectivity index (χ1v) is 10.3. The van der Waals surface area contributed by atoms with Gasteiger partial charge in [-0.15, -0.1) is 0 Å². The largest absolute Gasteiger partial charge is 0.490 e. The number of carbonyl (C=O) groups excluding carboxylic acids is 1. The summed E-state index contributed by atoms with van der Waals surface area (Å²) in [6, 6.07) is 4.47. The molecule has 1 amide bonds. The number of hydrogen-bond acceptors (Lipinski definition) is 6. The minimum Gasteiger partial charge on any atom is -0.490 e. The summed E-state index contributed by atoms with van der Waals surface area (Å²) in [6.07, 6.45) is -7.42. The lowest BCUT2D eigenvalue weighted by Crippen LogP contribution is -2.43. The van der Waals surface area contributed by atoms with E-state index in [9.17, 15) is 31.9 Å². The van der Waals surface area contributed by atoms with E-state index in [0.717, 1.165) is 25.3 Å². The maximum Gasteiger partial charge on any atom is 0.417 e. The lowest BCUT2D eigenvalue weighted by atomic mass is 9.85. The molecule has 1 fully saturated rings. The Kier molecular flexibility index (Phi) is 7.44. The van der Waals surface area contributed by atoms with Crippen molar-refractivity contribution in [1.82, 2.24) is 4.98 Å². The Balaban J connectivity index is 1.96. The zero-order chi connectivity index (χ0) is 25.3. The second-order valence-corrected chi connectivity index (χ2v) is 7.95. The second-order valence-electron chi connectivity index (χ2n) is 7.95. The number of aromatic nitrogens is 1. The molecule has 0 unspecified atom stereocenters. The van der Waals surface area contributed by atoms with Crippen molar-refractivity contribution in [2.24, 2.45) is 0 Å². The molecule has 1 aromatic heterocycles. The van der Waals surface area contributed by atoms with Crippen molar-refractivity contribution in [2.45, 2.75) is 50.2 Å². The van der Waals surface area contributed by atoms with Crippen LogP contribution < -0.4 is 10.1 Å². The Hall–Kier alpha value is -2.83. The number of pyridine rings is 1. The molecular weight excluding hydrogens is 467 g/mol. The lowest BCUT2D eigenvalue weighted by Gasteiger charge is -2.27. The maximum absolute atomic E-state index is 14.4. The standard InChI is InChI=1S/C22H23F5N2O5/c1-3-33-18-12(5-6-14(23)17(18)24)13-8-21(2,22(25,26)27)34-19(13)20(32)29-11-4-7-15(28-9-11)16(31)10-30/h4-7,9,13,16,19,30-31H,3,8,10H2,1-2H3,(H,29,32)/t13-,16+,19+,21+/m0/s1. The van der Waals surface area contributed by atoms with Crippen molar-refractivity contribution in [3.63, 3.8) is 0 Å². The molecule has 4 atom stereocenters. The number of hydrogen-bond donors (Lipinski definition) is 3. The number of carbonyl (C=O) groups is 1. The maximum atomic E-state index is 14.4. The molecule has 3 N–H and O–H groups in total. The van der Waals surface area contributed by atoms with Gasteiger partial charge in [-0.25, -0.2) is 4.39 Å². The van der Waals surface area contributed by atoms with E-state index < -0.39 is 66.2 Å². The normalized spacial score (nSPS) is 23.6. The first-order chi connectivity index (χ1) is 15.9. The fourth-order valence-electron chi connectivity index (χ4n) is 3.74. The zero-order valence-electron chi connectivity index (χ0n) is 18.2. The average molecular weight is 490 g/mol. The first-order valence-electron chi connectivity index (χ1n) is 10.3. The van der Waals surface area contributed by atoms with Crippen molar-refractivity contribution < 1.29 is 46.4 Å². The number of halogens is 5. The molecule has 2 aromatic rings. The molecular formula is C22H23F5N2O5. The van der Waals surface area contributed by atoms with Crippen molar-refractivity contribution in [2.75, 3.05) is 18.5 Å². The fraction of sp³-hybridized carbons (Fsp3) is 0.455. The Bertz CT molecular complexity index is 1030. The highest BCUT2D eigenvalue weighted by Crippen LogP contribution is 2.51. The number of alkyl halides is 3. The summed E-state index contributed by atoms with van der Waals surface area (Å²) in [5.74, 6) is -5.48. The number of rotatable bonds is 7. The summed E-state index contributed by atoms with van der Waals surface area (Å²) in [5.41, 5.74) is -2.67. The van der Waals surface area contributed by atoms with E-state index in [2.05, 4.69) is 10.3 Å². The zero-order valence-corrected chi connectivity index (χ0v) is 18.2. The van der Waals surface area contributed by atoms with Crippen LogP contribution in [0.15, 0.2) is 30.5 Å². The molecule has 0 spiro atoms. The third-order valence-corrected chi connectivity index (χ3v) is 5.56. The predicted octanol–water partition coefficient (Wildman–Crippen LogP) is 3.62. The van der Waals surface area contributed by atoms with Gasteiger partial charge in [0.15, 0.2) is 17.2 Å². The SMILES string of the molecule is CCOc1c([C@@H]2C[C@](C)(C(F)(F)F)O[C@H]2C(=O)Nc2ccc([C@H](O)CO)nc2)ccc(F)c1F. The van der Waals surface area contributed by atoms with Crippen LogP contribution in [0.2, 0.25) is 0 Å². The number of anilines is 1. The number of aliphatic hydroxyl groups excluding tert-OH is 2. The Morgan fingerprint density at radius 1 is 1.32 bits per heavy atom. The van der Waals surface area contributed by atoms with Gasteiger partial charge in [-0.3, -0.25) is 9.78 Å². The van der Waals surface area contributed by atoms with Gasteiger partial charge < -0.3 is 25.0 Å². The van der Waals surface area contributed by atoms with E-state index in [4.69, 9.17) is 14.6 Å². The van der Waals surface area contributed by atoms with Crippen LogP contribution in [0, 0.1) is 11.6 Å². The van der Waals surface area contributed by atoms with E-state index in [-0.39, 0.29) is 23.6 Å². The Labute approximate surface area is 191 Å². The topological polar surface area (TPSA) is 101 Å². The molecule has 0 radical (unpaired) electrons. The fourth-order valence-corrected chi connectivity index (χ4v) is 3.74. The molecule has 3 rings (SSSR count). The molecule has 7 nitrogen and oxygen atoms in total. The molecule has 1 aromatic carbocycles. The molecule has 34 heavy (non-hydrogen) atoms. The van der Waals surface area contributed by atoms with Crippen LogP contribution in [-0.2, 0) is 9.53 Å². The summed E-state index contributed by atoms with van der Waals surface area (Å²) in [6.45, 7) is 1.60. The monoisotopic (exact) mass is 490 g/mol. The van der Waals surface area contributed by atoms with E-state index >= 15 is 0 Å². The van der Waals surface area contributed by atoms with Crippen LogP contribution in [0.5, 0.6) is 5.75 Å². The molecule has 0 bridgehead atoms. The molecule has 0 aliphatic carbocycles. The summed E-state index contributed by atoms with van der Waals surface area (Å²) >= 11 is 0. The highest BCUT2D eigenvalue weighted by Gasteiger charge is 2.61. The van der Waals surface area contributed by atoms with E-state index in [1.165, 1.54) is 19.1 Å². The molecule has 1 saturated heterocycles. The van der Waals surface area contributed by atoms with Gasteiger partial charge in [0.1, 0.15) is 12.2 Å². The first kappa shape index (κ1) is 25.8. The minimum atomic E-state index is -4.85. The van der Waals surface area contributed by atoms with Gasteiger partial charge in [0, 0.05) is 11.5 Å². The molecule has 186 valence electrons. The predicted molar refractivity (Wildman–Crippen MR) is 109 cm³/mol. The molecule has 0 saturated carbocycles. The number of nitrogens with zero attached hydrogens (tertiary/aromatic N) is 1. The van der Waals surface area contributed by atoms with Gasteiger partial charge in [0.2, 0.25) is 5.82 Å². The molecule has 2 heterocycles. The minimum absolute atomic E-state index is 0.0807. The highest BCUT2D eigenvalue weighted by atomic mass is 19.4.